The molecule has 1 atom stereocenters. The Hall–Kier alpha value is -7.37. The maximum absolute atomic E-state index is 6.55. The fourth-order valence-corrected chi connectivity index (χ4v) is 10.0. The van der Waals surface area contributed by atoms with Gasteiger partial charge in [-0.15, -0.1) is 0 Å². The van der Waals surface area contributed by atoms with E-state index in [4.69, 9.17) is 19.9 Å². The van der Waals surface area contributed by atoms with Gasteiger partial charge in [-0.1, -0.05) is 131 Å². The number of nitrogens with two attached hydrogens (primary N) is 1. The molecule has 11 rings (SSSR count). The summed E-state index contributed by atoms with van der Waals surface area (Å²) in [5.74, 6) is 1.23. The molecular formula is C57H47N3O2. The van der Waals surface area contributed by atoms with Gasteiger partial charge in [0.15, 0.2) is 5.58 Å². The van der Waals surface area contributed by atoms with Gasteiger partial charge in [0.1, 0.15) is 17.4 Å². The van der Waals surface area contributed by atoms with Crippen LogP contribution < -0.4 is 15.4 Å². The summed E-state index contributed by atoms with van der Waals surface area (Å²) in [5.41, 5.74) is 26.2. The zero-order valence-corrected chi connectivity index (χ0v) is 35.6. The third-order valence-electron chi connectivity index (χ3n) is 13.3. The van der Waals surface area contributed by atoms with Crippen molar-refractivity contribution in [3.63, 3.8) is 0 Å². The number of hydrogen-bond acceptors (Lipinski definition) is 5. The first-order chi connectivity index (χ1) is 30.1. The Balaban J connectivity index is 1.04. The number of nitrogens with zero attached hydrogens (tertiary/aromatic N) is 2. The average molecular weight is 806 g/mol. The van der Waals surface area contributed by atoms with E-state index in [2.05, 4.69) is 167 Å². The fourth-order valence-electron chi connectivity index (χ4n) is 10.0. The summed E-state index contributed by atoms with van der Waals surface area (Å²) in [6.45, 7) is 11.5. The first-order valence-corrected chi connectivity index (χ1v) is 21.5. The van der Waals surface area contributed by atoms with Crippen LogP contribution in [-0.4, -0.2) is 4.98 Å². The topological polar surface area (TPSA) is 64.5 Å². The molecule has 62 heavy (non-hydrogen) atoms. The highest BCUT2D eigenvalue weighted by Gasteiger charge is 2.37. The molecule has 0 fully saturated rings. The van der Waals surface area contributed by atoms with Gasteiger partial charge in [-0.2, -0.15) is 0 Å². The second kappa shape index (κ2) is 14.1. The van der Waals surface area contributed by atoms with E-state index >= 15 is 0 Å². The quantitative estimate of drug-likeness (QED) is 0.155. The molecule has 0 aliphatic heterocycles. The number of ether oxygens (including phenoxy) is 1. The maximum Gasteiger partial charge on any atom is 0.227 e. The highest BCUT2D eigenvalue weighted by atomic mass is 16.5. The molecule has 0 spiro atoms. The van der Waals surface area contributed by atoms with Crippen LogP contribution in [0.4, 0.5) is 22.7 Å². The van der Waals surface area contributed by atoms with Crippen molar-refractivity contribution in [2.75, 3.05) is 10.6 Å². The molecule has 8 aromatic carbocycles. The van der Waals surface area contributed by atoms with Gasteiger partial charge in [0, 0.05) is 33.5 Å². The largest absolute Gasteiger partial charge is 0.484 e. The van der Waals surface area contributed by atoms with Gasteiger partial charge in [-0.3, -0.25) is 0 Å². The molecule has 1 heterocycles. The number of aromatic nitrogens is 1. The van der Waals surface area contributed by atoms with Gasteiger partial charge in [0.25, 0.3) is 0 Å². The lowest BCUT2D eigenvalue weighted by Crippen LogP contribution is -2.18. The summed E-state index contributed by atoms with van der Waals surface area (Å²) < 4.78 is 12.8. The molecule has 2 N–H and O–H groups in total. The molecule has 2 aliphatic carbocycles. The Morgan fingerprint density at radius 3 is 1.68 bits per heavy atom. The third-order valence-corrected chi connectivity index (χ3v) is 13.3. The van der Waals surface area contributed by atoms with E-state index < -0.39 is 0 Å². The van der Waals surface area contributed by atoms with Crippen molar-refractivity contribution in [1.29, 1.82) is 0 Å². The number of fused-ring (bicyclic) bond motifs is 7. The van der Waals surface area contributed by atoms with Crippen molar-refractivity contribution in [2.45, 2.75) is 51.6 Å². The molecule has 1 aromatic heterocycles. The maximum atomic E-state index is 6.55. The van der Waals surface area contributed by atoms with Crippen LogP contribution >= 0.6 is 0 Å². The molecule has 302 valence electrons. The molecule has 0 radical (unpaired) electrons. The van der Waals surface area contributed by atoms with Crippen molar-refractivity contribution >= 4 is 33.8 Å². The minimum atomic E-state index is -0.304. The first-order valence-electron chi connectivity index (χ1n) is 21.5. The Labute approximate surface area is 363 Å². The molecule has 9 aromatic rings. The third kappa shape index (κ3) is 5.94. The summed E-state index contributed by atoms with van der Waals surface area (Å²) in [4.78, 5) is 7.27. The number of anilines is 4. The number of nitrogen functional groups attached to an aromatic ring is 1. The average Bonchev–Trinajstić information content (AvgIpc) is 3.91. The smallest absolute Gasteiger partial charge is 0.227 e. The van der Waals surface area contributed by atoms with Crippen LogP contribution in [0.25, 0.3) is 55.9 Å². The number of benzene rings is 8. The molecule has 2 aliphatic rings. The number of para-hydroxylation sites is 4. The van der Waals surface area contributed by atoms with Crippen LogP contribution in [0.2, 0.25) is 0 Å². The van der Waals surface area contributed by atoms with E-state index in [1.807, 2.05) is 48.5 Å². The van der Waals surface area contributed by atoms with E-state index in [1.165, 1.54) is 44.5 Å². The van der Waals surface area contributed by atoms with Crippen LogP contribution in [0.3, 0.4) is 0 Å². The van der Waals surface area contributed by atoms with Crippen LogP contribution in [0, 0.1) is 0 Å². The van der Waals surface area contributed by atoms with Crippen LogP contribution in [-0.2, 0) is 10.8 Å². The van der Waals surface area contributed by atoms with Crippen molar-refractivity contribution in [1.82, 2.24) is 4.98 Å². The van der Waals surface area contributed by atoms with Gasteiger partial charge in [-0.05, 0) is 141 Å². The van der Waals surface area contributed by atoms with Crippen LogP contribution in [0.15, 0.2) is 180 Å². The minimum absolute atomic E-state index is 0.141. The van der Waals surface area contributed by atoms with E-state index in [9.17, 15) is 0 Å². The van der Waals surface area contributed by atoms with Crippen LogP contribution in [0.1, 0.15) is 68.5 Å². The lowest BCUT2D eigenvalue weighted by Gasteiger charge is -2.30. The van der Waals surface area contributed by atoms with Crippen molar-refractivity contribution in [3.8, 4) is 50.6 Å². The lowest BCUT2D eigenvalue weighted by molar-refractivity contribution is 0.229. The predicted molar refractivity (Wildman–Crippen MR) is 255 cm³/mol. The highest BCUT2D eigenvalue weighted by molar-refractivity contribution is 5.89. The molecule has 0 amide bonds. The highest BCUT2D eigenvalue weighted by Crippen LogP contribution is 2.53. The van der Waals surface area contributed by atoms with Crippen molar-refractivity contribution in [3.05, 3.63) is 204 Å². The molecule has 0 saturated heterocycles. The summed E-state index contributed by atoms with van der Waals surface area (Å²) in [5, 5.41) is 0. The van der Waals surface area contributed by atoms with Gasteiger partial charge < -0.3 is 19.8 Å². The van der Waals surface area contributed by atoms with E-state index in [1.54, 1.807) is 0 Å². The first kappa shape index (κ1) is 37.6. The molecule has 0 saturated carbocycles. The number of hydrogen-bond donors (Lipinski definition) is 1. The summed E-state index contributed by atoms with van der Waals surface area (Å²) in [6, 6.07) is 62.5. The Morgan fingerprint density at radius 1 is 0.516 bits per heavy atom. The summed E-state index contributed by atoms with van der Waals surface area (Å²) in [6.07, 6.45) is -0.304. The normalized spacial score (nSPS) is 14.5. The molecule has 5 nitrogen and oxygen atoms in total. The molecule has 0 bridgehead atoms. The minimum Gasteiger partial charge on any atom is -0.484 e. The van der Waals surface area contributed by atoms with E-state index in [0.29, 0.717) is 17.3 Å². The fraction of sp³-hybridized carbons (Fsp3) is 0.140. The Morgan fingerprint density at radius 2 is 1.05 bits per heavy atom. The second-order valence-corrected chi connectivity index (χ2v) is 17.8. The SMILES string of the molecule is CC(Oc1ccccc1N)c1ccc(-c2nc3ccccc3o2)cc1-c1ccc(N(c2ccc3c(c2)C(C)(C)c2ccccc2-3)c2ccc3c(c2)C(C)(C)c2ccccc2-3)cc1. The van der Waals surface area contributed by atoms with Gasteiger partial charge in [-0.25, -0.2) is 4.98 Å². The summed E-state index contributed by atoms with van der Waals surface area (Å²) >= 11 is 0. The van der Waals surface area contributed by atoms with Crippen LogP contribution in [0.5, 0.6) is 5.75 Å². The summed E-state index contributed by atoms with van der Waals surface area (Å²) in [7, 11) is 0. The van der Waals surface area contributed by atoms with Crippen molar-refractivity contribution in [2.24, 2.45) is 0 Å². The van der Waals surface area contributed by atoms with E-state index in [0.717, 1.165) is 50.4 Å². The molecule has 1 unspecified atom stereocenters. The molecular weight excluding hydrogens is 759 g/mol. The monoisotopic (exact) mass is 805 g/mol. The van der Waals surface area contributed by atoms with Crippen molar-refractivity contribution < 1.29 is 9.15 Å². The number of oxazole rings is 1. The predicted octanol–water partition coefficient (Wildman–Crippen LogP) is 15.0. The lowest BCUT2D eigenvalue weighted by atomic mass is 9.82. The Kier molecular flexibility index (Phi) is 8.56. The van der Waals surface area contributed by atoms with Gasteiger partial charge in [0.2, 0.25) is 5.89 Å². The number of rotatable bonds is 8. The van der Waals surface area contributed by atoms with E-state index in [-0.39, 0.29) is 16.9 Å². The molecule has 5 heteroatoms. The Bertz CT molecular complexity index is 3070. The zero-order chi connectivity index (χ0) is 42.3. The standard InChI is InChI=1S/C57H47N3O2/c1-35(61-53-20-12-10-18-51(53)58)41-29-24-37(55-59-52-19-11-13-21-54(52)62-55)32-46(41)36-22-25-38(26-23-36)60(39-27-30-44-42-14-6-8-16-47(42)56(2,3)49(44)33-39)40-28-31-45-43-15-7-9-17-48(43)57(4,5)50(45)34-40/h6-35H,58H2,1-5H3. The zero-order valence-electron chi connectivity index (χ0n) is 35.6. The second-order valence-electron chi connectivity index (χ2n) is 17.8. The van der Waals surface area contributed by atoms with Gasteiger partial charge in [0.05, 0.1) is 5.69 Å². The van der Waals surface area contributed by atoms with Gasteiger partial charge >= 0.3 is 0 Å².